The molecule has 8 heteroatoms. The number of rotatable bonds is 7. The number of likely N-dealkylation sites (tertiary alicyclic amines) is 1. The fourth-order valence-electron chi connectivity index (χ4n) is 5.37. The number of nitrogens with one attached hydrogen (secondary N) is 2. The zero-order valence-corrected chi connectivity index (χ0v) is 20.1. The van der Waals surface area contributed by atoms with Gasteiger partial charge in [0.1, 0.15) is 0 Å². The van der Waals surface area contributed by atoms with Crippen LogP contribution < -0.4 is 10.6 Å². The van der Waals surface area contributed by atoms with Crippen molar-refractivity contribution in [3.05, 3.63) is 71.7 Å². The van der Waals surface area contributed by atoms with Crippen LogP contribution in [0.25, 0.3) is 11.3 Å². The van der Waals surface area contributed by atoms with Crippen LogP contribution in [0.5, 0.6) is 0 Å². The van der Waals surface area contributed by atoms with E-state index in [2.05, 4.69) is 38.7 Å². The molecule has 2 amide bonds. The summed E-state index contributed by atoms with van der Waals surface area (Å²) in [6.07, 6.45) is 4.37. The van der Waals surface area contributed by atoms with Crippen LogP contribution in [-0.4, -0.2) is 64.2 Å². The highest BCUT2D eigenvalue weighted by Crippen LogP contribution is 2.38. The van der Waals surface area contributed by atoms with E-state index in [0.29, 0.717) is 19.5 Å². The number of aliphatic hydroxyl groups is 1. The summed E-state index contributed by atoms with van der Waals surface area (Å²) < 4.78 is 1.98. The van der Waals surface area contributed by atoms with Crippen molar-refractivity contribution in [3.63, 3.8) is 0 Å². The molecule has 1 saturated heterocycles. The van der Waals surface area contributed by atoms with E-state index in [0.717, 1.165) is 46.6 Å². The lowest BCUT2D eigenvalue weighted by atomic mass is 9.79. The summed E-state index contributed by atoms with van der Waals surface area (Å²) in [4.78, 5) is 31.8. The first-order valence-electron chi connectivity index (χ1n) is 12.0. The number of likely N-dealkylation sites (N-methyl/N-ethyl adjacent to an activating group) is 1. The number of imidazole rings is 1. The number of hydrogen-bond donors (Lipinski definition) is 3. The van der Waals surface area contributed by atoms with Crippen molar-refractivity contribution in [2.75, 3.05) is 32.0 Å². The van der Waals surface area contributed by atoms with E-state index in [1.165, 1.54) is 0 Å². The molecule has 35 heavy (non-hydrogen) atoms. The van der Waals surface area contributed by atoms with Crippen LogP contribution in [0.1, 0.15) is 34.9 Å². The highest BCUT2D eigenvalue weighted by atomic mass is 16.3. The number of aryl methyl sites for hydroxylation is 1. The Kier molecular flexibility index (Phi) is 6.40. The van der Waals surface area contributed by atoms with Gasteiger partial charge in [-0.25, -0.2) is 4.98 Å². The Morgan fingerprint density at radius 2 is 2.11 bits per heavy atom. The van der Waals surface area contributed by atoms with Crippen molar-refractivity contribution < 1.29 is 14.7 Å². The number of carbonyl (C=O) groups excluding carboxylic acids is 2. The summed E-state index contributed by atoms with van der Waals surface area (Å²) in [5, 5.41) is 15.9. The average molecular weight is 474 g/mol. The molecule has 3 heterocycles. The van der Waals surface area contributed by atoms with Crippen LogP contribution in [-0.2, 0) is 23.1 Å². The SMILES string of the molecule is CNC(=O)C(c1ccc2c(c1)NC(=O)C2)[C@H](CN1CC[C@H](O)C1)c1cccc(-c2cncn2C)c1. The van der Waals surface area contributed by atoms with E-state index < -0.39 is 5.92 Å². The minimum atomic E-state index is -0.470. The minimum Gasteiger partial charge on any atom is -0.392 e. The lowest BCUT2D eigenvalue weighted by molar-refractivity contribution is -0.122. The molecule has 1 unspecified atom stereocenters. The van der Waals surface area contributed by atoms with E-state index in [1.54, 1.807) is 13.4 Å². The predicted octanol–water partition coefficient (Wildman–Crippen LogP) is 2.26. The monoisotopic (exact) mass is 473 g/mol. The summed E-state index contributed by atoms with van der Waals surface area (Å²) >= 11 is 0. The molecule has 2 aliphatic heterocycles. The number of amides is 2. The average Bonchev–Trinajstić information content (AvgIpc) is 3.57. The van der Waals surface area contributed by atoms with Gasteiger partial charge in [0.25, 0.3) is 0 Å². The summed E-state index contributed by atoms with van der Waals surface area (Å²) in [6, 6.07) is 14.1. The molecule has 0 radical (unpaired) electrons. The molecule has 3 atom stereocenters. The maximum Gasteiger partial charge on any atom is 0.228 e. The lowest BCUT2D eigenvalue weighted by Gasteiger charge is -2.31. The molecule has 182 valence electrons. The second-order valence-corrected chi connectivity index (χ2v) is 9.56. The normalized spacial score (nSPS) is 19.3. The van der Waals surface area contributed by atoms with Gasteiger partial charge in [-0.1, -0.05) is 30.3 Å². The third-order valence-corrected chi connectivity index (χ3v) is 7.18. The van der Waals surface area contributed by atoms with Crippen LogP contribution in [0.15, 0.2) is 55.0 Å². The Bertz CT molecular complexity index is 1250. The standard InChI is InChI=1S/C27H31N5O3/c1-28-27(35)26(20-7-6-18-12-25(34)30-23(18)11-20)22(15-32-9-8-21(33)14-32)17-4-3-5-19(10-17)24-13-29-16-31(24)2/h3-7,10-11,13,16,21-22,26,33H,8-9,12,14-15H2,1-2H3,(H,28,35)(H,30,34)/t21-,22+,26?/m0/s1. The molecule has 5 rings (SSSR count). The van der Waals surface area contributed by atoms with Crippen LogP contribution in [0, 0.1) is 0 Å². The smallest absolute Gasteiger partial charge is 0.228 e. The van der Waals surface area contributed by atoms with E-state index in [9.17, 15) is 14.7 Å². The van der Waals surface area contributed by atoms with E-state index in [4.69, 9.17) is 0 Å². The van der Waals surface area contributed by atoms with Crippen molar-refractivity contribution in [2.45, 2.75) is 30.8 Å². The van der Waals surface area contributed by atoms with Crippen molar-refractivity contribution in [1.29, 1.82) is 0 Å². The Balaban J connectivity index is 1.58. The fraction of sp³-hybridized carbons (Fsp3) is 0.370. The third kappa shape index (κ3) is 4.72. The first-order valence-corrected chi connectivity index (χ1v) is 12.0. The van der Waals surface area contributed by atoms with Crippen molar-refractivity contribution >= 4 is 17.5 Å². The number of hydrogen-bond acceptors (Lipinski definition) is 5. The largest absolute Gasteiger partial charge is 0.392 e. The van der Waals surface area contributed by atoms with Crippen LogP contribution in [0.3, 0.4) is 0 Å². The Labute approximate surface area is 205 Å². The van der Waals surface area contributed by atoms with Crippen LogP contribution in [0.4, 0.5) is 5.69 Å². The fourth-order valence-corrected chi connectivity index (χ4v) is 5.37. The van der Waals surface area contributed by atoms with Crippen molar-refractivity contribution in [1.82, 2.24) is 19.8 Å². The molecule has 1 aromatic heterocycles. The van der Waals surface area contributed by atoms with Gasteiger partial charge in [-0.05, 0) is 35.2 Å². The quantitative estimate of drug-likeness (QED) is 0.489. The maximum atomic E-state index is 13.4. The molecule has 0 saturated carbocycles. The second-order valence-electron chi connectivity index (χ2n) is 9.56. The molecule has 2 aromatic carbocycles. The number of fused-ring (bicyclic) bond motifs is 1. The molecule has 1 fully saturated rings. The van der Waals surface area contributed by atoms with Gasteiger partial charge in [-0.15, -0.1) is 0 Å². The molecular formula is C27H31N5O3. The maximum absolute atomic E-state index is 13.4. The minimum absolute atomic E-state index is 0.0277. The molecule has 0 aliphatic carbocycles. The van der Waals surface area contributed by atoms with Gasteiger partial charge in [0.05, 0.1) is 36.7 Å². The summed E-state index contributed by atoms with van der Waals surface area (Å²) in [5.74, 6) is -0.740. The first kappa shape index (κ1) is 23.3. The molecular weight excluding hydrogens is 442 g/mol. The summed E-state index contributed by atoms with van der Waals surface area (Å²) in [6.45, 7) is 2.02. The molecule has 0 bridgehead atoms. The number of carbonyl (C=O) groups is 2. The number of nitrogens with zero attached hydrogens (tertiary/aromatic N) is 3. The van der Waals surface area contributed by atoms with E-state index >= 15 is 0 Å². The van der Waals surface area contributed by atoms with Crippen LogP contribution >= 0.6 is 0 Å². The number of benzene rings is 2. The summed E-state index contributed by atoms with van der Waals surface area (Å²) in [5.41, 5.74) is 5.67. The number of aliphatic hydroxyl groups excluding tert-OH is 1. The Hall–Kier alpha value is -3.49. The van der Waals surface area contributed by atoms with Gasteiger partial charge in [-0.2, -0.15) is 0 Å². The topological polar surface area (TPSA) is 99.5 Å². The number of anilines is 1. The van der Waals surface area contributed by atoms with Gasteiger partial charge < -0.3 is 25.2 Å². The van der Waals surface area contributed by atoms with Gasteiger partial charge in [0.15, 0.2) is 0 Å². The van der Waals surface area contributed by atoms with E-state index in [-0.39, 0.29) is 23.8 Å². The summed E-state index contributed by atoms with van der Waals surface area (Å²) in [7, 11) is 3.62. The molecule has 3 aromatic rings. The lowest BCUT2D eigenvalue weighted by Crippen LogP contribution is -2.36. The Morgan fingerprint density at radius 1 is 1.26 bits per heavy atom. The molecule has 8 nitrogen and oxygen atoms in total. The highest BCUT2D eigenvalue weighted by molar-refractivity contribution is 5.99. The van der Waals surface area contributed by atoms with Gasteiger partial charge in [0, 0.05) is 50.9 Å². The number of aromatic nitrogens is 2. The van der Waals surface area contributed by atoms with Gasteiger partial charge in [-0.3, -0.25) is 9.59 Å². The zero-order valence-electron chi connectivity index (χ0n) is 20.1. The Morgan fingerprint density at radius 3 is 2.83 bits per heavy atom. The van der Waals surface area contributed by atoms with Gasteiger partial charge in [0.2, 0.25) is 11.8 Å². The zero-order chi connectivity index (χ0) is 24.5. The highest BCUT2D eigenvalue weighted by Gasteiger charge is 2.35. The van der Waals surface area contributed by atoms with Crippen LogP contribution in [0.2, 0.25) is 0 Å². The van der Waals surface area contributed by atoms with Crippen molar-refractivity contribution in [3.8, 4) is 11.3 Å². The van der Waals surface area contributed by atoms with Gasteiger partial charge >= 0.3 is 0 Å². The third-order valence-electron chi connectivity index (χ3n) is 7.18. The predicted molar refractivity (Wildman–Crippen MR) is 134 cm³/mol. The first-order chi connectivity index (χ1) is 16.9. The number of β-amino-alcohol motifs (C(OH)–C–C–N with tert-alkyl or cyclic N) is 1. The molecule has 3 N–H and O–H groups in total. The van der Waals surface area contributed by atoms with E-state index in [1.807, 2.05) is 42.1 Å². The molecule has 2 aliphatic rings. The second kappa shape index (κ2) is 9.64. The van der Waals surface area contributed by atoms with Crippen molar-refractivity contribution in [2.24, 2.45) is 7.05 Å². The molecule has 0 spiro atoms.